The van der Waals surface area contributed by atoms with Gasteiger partial charge in [0.1, 0.15) is 23.3 Å². The molecule has 2 N–H and O–H groups in total. The number of hydrogen-bond acceptors (Lipinski definition) is 4. The van der Waals surface area contributed by atoms with Gasteiger partial charge in [-0.2, -0.15) is 0 Å². The molecule has 0 spiro atoms. The molecule has 0 saturated carbocycles. The van der Waals surface area contributed by atoms with Crippen LogP contribution in [-0.4, -0.2) is 17.0 Å². The highest BCUT2D eigenvalue weighted by Gasteiger charge is 2.13. The summed E-state index contributed by atoms with van der Waals surface area (Å²) in [5.74, 6) is 2.09. The summed E-state index contributed by atoms with van der Waals surface area (Å²) in [7, 11) is 1.82. The van der Waals surface area contributed by atoms with E-state index in [0.29, 0.717) is 16.0 Å². The van der Waals surface area contributed by atoms with Crippen LogP contribution >= 0.6 is 15.9 Å². The molecule has 0 radical (unpaired) electrons. The number of nitrogens with zero attached hydrogens (tertiary/aromatic N) is 2. The quantitative estimate of drug-likeness (QED) is 0.844. The maximum Gasteiger partial charge on any atom is 0.139 e. The van der Waals surface area contributed by atoms with Gasteiger partial charge < -0.3 is 10.6 Å². The topological polar surface area (TPSA) is 49.8 Å². The third-order valence-electron chi connectivity index (χ3n) is 3.10. The van der Waals surface area contributed by atoms with Gasteiger partial charge in [-0.25, -0.2) is 14.4 Å². The number of halogens is 2. The Kier molecular flexibility index (Phi) is 4.77. The second kappa shape index (κ2) is 6.39. The van der Waals surface area contributed by atoms with Crippen LogP contribution in [0.5, 0.6) is 0 Å². The Morgan fingerprint density at radius 2 is 1.86 bits per heavy atom. The summed E-state index contributed by atoms with van der Waals surface area (Å²) < 4.78 is 14.0. The van der Waals surface area contributed by atoms with Crippen LogP contribution in [0, 0.1) is 12.7 Å². The molecular weight excluding hydrogens is 335 g/mol. The van der Waals surface area contributed by atoms with E-state index in [1.54, 1.807) is 12.1 Å². The predicted octanol–water partition coefficient (Wildman–Crippen LogP) is 4.60. The summed E-state index contributed by atoms with van der Waals surface area (Å²) in [6, 6.07) is 4.89. The van der Waals surface area contributed by atoms with E-state index in [-0.39, 0.29) is 11.7 Å². The number of benzene rings is 1. The number of anilines is 3. The van der Waals surface area contributed by atoms with Crippen molar-refractivity contribution in [1.29, 1.82) is 0 Å². The average molecular weight is 353 g/mol. The van der Waals surface area contributed by atoms with Crippen molar-refractivity contribution in [3.63, 3.8) is 0 Å². The highest BCUT2D eigenvalue weighted by Crippen LogP contribution is 2.27. The Bertz CT molecular complexity index is 658. The van der Waals surface area contributed by atoms with Crippen LogP contribution in [0.25, 0.3) is 0 Å². The highest BCUT2D eigenvalue weighted by molar-refractivity contribution is 9.10. The van der Waals surface area contributed by atoms with Crippen LogP contribution in [0.2, 0.25) is 0 Å². The molecule has 4 nitrogen and oxygen atoms in total. The molecule has 21 heavy (non-hydrogen) atoms. The van der Waals surface area contributed by atoms with Crippen LogP contribution < -0.4 is 10.6 Å². The predicted molar refractivity (Wildman–Crippen MR) is 87.8 cm³/mol. The lowest BCUT2D eigenvalue weighted by molar-refractivity contribution is 0.622. The summed E-state index contributed by atoms with van der Waals surface area (Å²) in [5, 5.41) is 6.22. The van der Waals surface area contributed by atoms with Gasteiger partial charge in [-0.1, -0.05) is 13.8 Å². The zero-order valence-corrected chi connectivity index (χ0v) is 14.0. The number of hydrogen-bond donors (Lipinski definition) is 2. The van der Waals surface area contributed by atoms with Crippen molar-refractivity contribution < 1.29 is 4.39 Å². The molecule has 1 aromatic carbocycles. The molecule has 6 heteroatoms. The lowest BCUT2D eigenvalue weighted by Gasteiger charge is -2.15. The molecule has 0 bridgehead atoms. The van der Waals surface area contributed by atoms with Crippen molar-refractivity contribution in [1.82, 2.24) is 9.97 Å². The van der Waals surface area contributed by atoms with E-state index in [1.165, 1.54) is 6.07 Å². The SMILES string of the molecule is CNc1nc(C(C)C)nc(Nc2ccc(Br)c(F)c2)c1C. The number of nitrogens with one attached hydrogen (secondary N) is 2. The number of aromatic nitrogens is 2. The molecule has 1 aromatic heterocycles. The van der Waals surface area contributed by atoms with Gasteiger partial charge >= 0.3 is 0 Å². The van der Waals surface area contributed by atoms with Crippen LogP contribution in [-0.2, 0) is 0 Å². The molecule has 0 aliphatic rings. The minimum atomic E-state index is -0.315. The third kappa shape index (κ3) is 3.50. The first-order valence-corrected chi connectivity index (χ1v) is 7.50. The van der Waals surface area contributed by atoms with Crippen LogP contribution in [0.1, 0.15) is 31.2 Å². The van der Waals surface area contributed by atoms with Gasteiger partial charge in [-0.05, 0) is 41.1 Å². The van der Waals surface area contributed by atoms with Crippen LogP contribution in [0.4, 0.5) is 21.7 Å². The van der Waals surface area contributed by atoms with E-state index < -0.39 is 0 Å². The molecule has 112 valence electrons. The van der Waals surface area contributed by atoms with Gasteiger partial charge in [-0.3, -0.25) is 0 Å². The molecule has 0 aliphatic heterocycles. The Morgan fingerprint density at radius 3 is 2.43 bits per heavy atom. The van der Waals surface area contributed by atoms with Gasteiger partial charge in [0.25, 0.3) is 0 Å². The van der Waals surface area contributed by atoms with Crippen molar-refractivity contribution in [2.75, 3.05) is 17.7 Å². The Balaban J connectivity index is 2.42. The Labute approximate surface area is 132 Å². The normalized spacial score (nSPS) is 10.8. The molecule has 0 unspecified atom stereocenters. The smallest absolute Gasteiger partial charge is 0.139 e. The van der Waals surface area contributed by atoms with Gasteiger partial charge in [-0.15, -0.1) is 0 Å². The van der Waals surface area contributed by atoms with Gasteiger partial charge in [0.2, 0.25) is 0 Å². The van der Waals surface area contributed by atoms with Crippen molar-refractivity contribution >= 4 is 33.3 Å². The minimum Gasteiger partial charge on any atom is -0.373 e. The fourth-order valence-corrected chi connectivity index (χ4v) is 2.11. The zero-order valence-electron chi connectivity index (χ0n) is 12.5. The second-order valence-electron chi connectivity index (χ2n) is 5.06. The van der Waals surface area contributed by atoms with Crippen molar-refractivity contribution in [3.05, 3.63) is 39.9 Å². The zero-order chi connectivity index (χ0) is 15.6. The van der Waals surface area contributed by atoms with Crippen molar-refractivity contribution in [2.45, 2.75) is 26.7 Å². The highest BCUT2D eigenvalue weighted by atomic mass is 79.9. The third-order valence-corrected chi connectivity index (χ3v) is 3.74. The molecule has 0 atom stereocenters. The first kappa shape index (κ1) is 15.7. The molecule has 2 aromatic rings. The fraction of sp³-hybridized carbons (Fsp3) is 0.333. The monoisotopic (exact) mass is 352 g/mol. The van der Waals surface area contributed by atoms with E-state index in [4.69, 9.17) is 0 Å². The largest absolute Gasteiger partial charge is 0.373 e. The van der Waals surface area contributed by atoms with Crippen molar-refractivity contribution in [2.24, 2.45) is 0 Å². The maximum absolute atomic E-state index is 13.6. The summed E-state index contributed by atoms with van der Waals surface area (Å²) in [4.78, 5) is 9.01. The summed E-state index contributed by atoms with van der Waals surface area (Å²) >= 11 is 3.14. The maximum atomic E-state index is 13.6. The van der Waals surface area contributed by atoms with Gasteiger partial charge in [0.15, 0.2) is 0 Å². The fourth-order valence-electron chi connectivity index (χ4n) is 1.87. The lowest BCUT2D eigenvalue weighted by atomic mass is 10.2. The molecule has 0 saturated heterocycles. The molecule has 2 rings (SSSR count). The first-order valence-electron chi connectivity index (χ1n) is 6.70. The molecule has 0 aliphatic carbocycles. The van der Waals surface area contributed by atoms with E-state index in [2.05, 4.69) is 36.5 Å². The van der Waals surface area contributed by atoms with E-state index in [0.717, 1.165) is 17.2 Å². The van der Waals surface area contributed by atoms with Crippen LogP contribution in [0.3, 0.4) is 0 Å². The summed E-state index contributed by atoms with van der Waals surface area (Å²) in [5.41, 5.74) is 1.54. The Hall–Kier alpha value is -1.69. The molecular formula is C15H18BrFN4. The summed E-state index contributed by atoms with van der Waals surface area (Å²) in [6.07, 6.45) is 0. The molecule has 0 amide bonds. The lowest BCUT2D eigenvalue weighted by Crippen LogP contribution is -2.08. The molecule has 1 heterocycles. The summed E-state index contributed by atoms with van der Waals surface area (Å²) in [6.45, 7) is 5.99. The van der Waals surface area contributed by atoms with E-state index in [9.17, 15) is 4.39 Å². The molecule has 0 fully saturated rings. The number of rotatable bonds is 4. The van der Waals surface area contributed by atoms with Gasteiger partial charge in [0, 0.05) is 24.2 Å². The second-order valence-corrected chi connectivity index (χ2v) is 5.92. The van der Waals surface area contributed by atoms with Crippen molar-refractivity contribution in [3.8, 4) is 0 Å². The average Bonchev–Trinajstić information content (AvgIpc) is 2.44. The van der Waals surface area contributed by atoms with E-state index in [1.807, 2.05) is 27.8 Å². The first-order chi connectivity index (χ1) is 9.92. The van der Waals surface area contributed by atoms with E-state index >= 15 is 0 Å². The van der Waals surface area contributed by atoms with Gasteiger partial charge in [0.05, 0.1) is 4.47 Å². The minimum absolute atomic E-state index is 0.208. The standard InChI is InChI=1S/C15H18BrFN4/c1-8(2)13-20-14(18-4)9(3)15(21-13)19-10-5-6-11(16)12(17)7-10/h5-8H,1-4H3,(H2,18,19,20,21). The Morgan fingerprint density at radius 1 is 1.19 bits per heavy atom. The van der Waals surface area contributed by atoms with Crippen LogP contribution in [0.15, 0.2) is 22.7 Å².